The minimum absolute atomic E-state index is 0.113. The molecule has 2 aromatic carbocycles. The lowest BCUT2D eigenvalue weighted by molar-refractivity contribution is 0.102. The van der Waals surface area contributed by atoms with Crippen LogP contribution in [-0.2, 0) is 14.8 Å². The number of nitrogens with zero attached hydrogens (tertiary/aromatic N) is 3. The van der Waals surface area contributed by atoms with Crippen LogP contribution in [0.1, 0.15) is 29.2 Å². The van der Waals surface area contributed by atoms with Crippen molar-refractivity contribution >= 4 is 48.9 Å². The molecule has 1 aromatic heterocycles. The molecule has 0 spiro atoms. The van der Waals surface area contributed by atoms with E-state index in [1.165, 1.54) is 10.4 Å². The van der Waals surface area contributed by atoms with Crippen molar-refractivity contribution in [2.24, 2.45) is 0 Å². The second-order valence-corrected chi connectivity index (χ2v) is 10.9. The minimum Gasteiger partial charge on any atom is -0.378 e. The van der Waals surface area contributed by atoms with Crippen LogP contribution in [-0.4, -0.2) is 63.0 Å². The number of carbonyl (C=O) groups is 1. The Balaban J connectivity index is 1.72. The minimum atomic E-state index is -3.70. The Labute approximate surface area is 198 Å². The first-order valence-electron chi connectivity index (χ1n) is 11.0. The lowest BCUT2D eigenvalue weighted by atomic mass is 10.1. The van der Waals surface area contributed by atoms with Gasteiger partial charge in [0, 0.05) is 37.6 Å². The molecule has 4 rings (SSSR count). The molecule has 0 unspecified atom stereocenters. The fraction of sp³-hybridized carbons (Fsp3) is 0.391. The molecule has 0 aliphatic carbocycles. The Morgan fingerprint density at radius 1 is 1.15 bits per heavy atom. The zero-order valence-corrected chi connectivity index (χ0v) is 20.6. The van der Waals surface area contributed by atoms with Crippen molar-refractivity contribution in [3.8, 4) is 0 Å². The maximum atomic E-state index is 13.4. The topological polar surface area (TPSA) is 91.8 Å². The van der Waals surface area contributed by atoms with Crippen LogP contribution in [0.5, 0.6) is 0 Å². The maximum absolute atomic E-state index is 13.4. The highest BCUT2D eigenvalue weighted by atomic mass is 32.2. The van der Waals surface area contributed by atoms with Crippen LogP contribution >= 0.6 is 11.3 Å². The first-order valence-corrected chi connectivity index (χ1v) is 13.2. The molecule has 0 bridgehead atoms. The van der Waals surface area contributed by atoms with E-state index in [1.54, 1.807) is 37.3 Å². The number of rotatable bonds is 7. The largest absolute Gasteiger partial charge is 0.378 e. The van der Waals surface area contributed by atoms with Gasteiger partial charge in [0.1, 0.15) is 0 Å². The van der Waals surface area contributed by atoms with E-state index < -0.39 is 10.0 Å². The smallest absolute Gasteiger partial charge is 0.257 e. The van der Waals surface area contributed by atoms with Gasteiger partial charge in [-0.1, -0.05) is 13.8 Å². The van der Waals surface area contributed by atoms with E-state index >= 15 is 0 Å². The predicted molar refractivity (Wildman–Crippen MR) is 132 cm³/mol. The molecule has 0 saturated carbocycles. The van der Waals surface area contributed by atoms with Crippen molar-refractivity contribution in [3.63, 3.8) is 0 Å². The summed E-state index contributed by atoms with van der Waals surface area (Å²) in [5, 5.41) is 3.90. The molecule has 0 atom stereocenters. The average molecular weight is 489 g/mol. The normalized spacial score (nSPS) is 14.7. The van der Waals surface area contributed by atoms with Gasteiger partial charge in [-0.05, 0) is 43.3 Å². The van der Waals surface area contributed by atoms with Crippen LogP contribution in [0, 0.1) is 6.92 Å². The molecule has 33 heavy (non-hydrogen) atoms. The van der Waals surface area contributed by atoms with Crippen LogP contribution in [0.3, 0.4) is 0 Å². The van der Waals surface area contributed by atoms with Gasteiger partial charge in [0.25, 0.3) is 5.91 Å². The molecular formula is C23H28N4O4S2. The molecule has 1 fully saturated rings. The fourth-order valence-electron chi connectivity index (χ4n) is 3.97. The van der Waals surface area contributed by atoms with Crippen molar-refractivity contribution < 1.29 is 17.9 Å². The number of fused-ring (bicyclic) bond motifs is 1. The average Bonchev–Trinajstić information content (AvgIpc) is 3.19. The summed E-state index contributed by atoms with van der Waals surface area (Å²) in [4.78, 5) is 20.0. The molecule has 2 heterocycles. The van der Waals surface area contributed by atoms with E-state index in [9.17, 15) is 13.2 Å². The summed E-state index contributed by atoms with van der Waals surface area (Å²) in [6.07, 6.45) is 0. The third-order valence-electron chi connectivity index (χ3n) is 5.66. The van der Waals surface area contributed by atoms with Gasteiger partial charge in [0.2, 0.25) is 10.0 Å². The van der Waals surface area contributed by atoms with Gasteiger partial charge in [-0.25, -0.2) is 13.4 Å². The lowest BCUT2D eigenvalue weighted by Gasteiger charge is -2.30. The first kappa shape index (κ1) is 23.6. The summed E-state index contributed by atoms with van der Waals surface area (Å²) < 4.78 is 34.1. The van der Waals surface area contributed by atoms with Gasteiger partial charge < -0.3 is 15.0 Å². The third-order valence-corrected chi connectivity index (χ3v) is 8.64. The summed E-state index contributed by atoms with van der Waals surface area (Å²) >= 11 is 1.56. The highest BCUT2D eigenvalue weighted by Crippen LogP contribution is 2.29. The summed E-state index contributed by atoms with van der Waals surface area (Å²) in [6, 6.07) is 10.4. The quantitative estimate of drug-likeness (QED) is 0.545. The number of anilines is 2. The summed E-state index contributed by atoms with van der Waals surface area (Å²) in [7, 11) is -3.70. The lowest BCUT2D eigenvalue weighted by Crippen LogP contribution is -2.37. The fourth-order valence-corrected chi connectivity index (χ4v) is 6.32. The van der Waals surface area contributed by atoms with Gasteiger partial charge in [0.05, 0.1) is 38.9 Å². The van der Waals surface area contributed by atoms with Crippen LogP contribution in [0.2, 0.25) is 0 Å². The number of hydrogen-bond acceptors (Lipinski definition) is 7. The number of aryl methyl sites for hydroxylation is 1. The SMILES string of the molecule is CCN(CC)S(=O)(=O)c1ccc(N2CCOCC2)c(C(=O)Nc2ccc3nc(C)sc3c2)c1. The molecule has 3 aromatic rings. The van der Waals surface area contributed by atoms with Crippen molar-refractivity contribution in [1.29, 1.82) is 0 Å². The van der Waals surface area contributed by atoms with Crippen LogP contribution in [0.25, 0.3) is 10.2 Å². The molecule has 10 heteroatoms. The van der Waals surface area contributed by atoms with E-state index in [-0.39, 0.29) is 10.8 Å². The number of sulfonamides is 1. The van der Waals surface area contributed by atoms with Crippen LogP contribution < -0.4 is 10.2 Å². The summed E-state index contributed by atoms with van der Waals surface area (Å²) in [6.45, 7) is 8.65. The van der Waals surface area contributed by atoms with Gasteiger partial charge in [-0.2, -0.15) is 4.31 Å². The highest BCUT2D eigenvalue weighted by molar-refractivity contribution is 7.89. The van der Waals surface area contributed by atoms with E-state index in [4.69, 9.17) is 4.74 Å². The molecule has 8 nitrogen and oxygen atoms in total. The summed E-state index contributed by atoms with van der Waals surface area (Å²) in [5.74, 6) is -0.353. The Morgan fingerprint density at radius 3 is 2.58 bits per heavy atom. The second kappa shape index (κ2) is 9.76. The number of carbonyl (C=O) groups excluding carboxylic acids is 1. The van der Waals surface area contributed by atoms with E-state index in [0.29, 0.717) is 56.3 Å². The highest BCUT2D eigenvalue weighted by Gasteiger charge is 2.26. The Morgan fingerprint density at radius 2 is 1.88 bits per heavy atom. The Hall–Kier alpha value is -2.53. The van der Waals surface area contributed by atoms with Crippen molar-refractivity contribution in [2.45, 2.75) is 25.7 Å². The first-order chi connectivity index (χ1) is 15.8. The Kier molecular flexibility index (Phi) is 6.99. The van der Waals surface area contributed by atoms with E-state index in [1.807, 2.05) is 25.1 Å². The Bertz CT molecular complexity index is 1260. The second-order valence-electron chi connectivity index (χ2n) is 7.74. The number of amides is 1. The summed E-state index contributed by atoms with van der Waals surface area (Å²) in [5.41, 5.74) is 2.55. The number of benzene rings is 2. The van der Waals surface area contributed by atoms with Crippen LogP contribution in [0.15, 0.2) is 41.3 Å². The monoisotopic (exact) mass is 488 g/mol. The molecular weight excluding hydrogens is 460 g/mol. The molecule has 176 valence electrons. The van der Waals surface area contributed by atoms with Gasteiger partial charge in [-0.3, -0.25) is 4.79 Å². The number of thiazole rings is 1. The van der Waals surface area contributed by atoms with Crippen LogP contribution in [0.4, 0.5) is 11.4 Å². The van der Waals surface area contributed by atoms with Gasteiger partial charge in [0.15, 0.2) is 0 Å². The molecule has 1 N–H and O–H groups in total. The number of hydrogen-bond donors (Lipinski definition) is 1. The molecule has 1 saturated heterocycles. The van der Waals surface area contributed by atoms with Crippen molar-refractivity contribution in [1.82, 2.24) is 9.29 Å². The van der Waals surface area contributed by atoms with Gasteiger partial charge in [-0.15, -0.1) is 11.3 Å². The zero-order chi connectivity index (χ0) is 23.6. The maximum Gasteiger partial charge on any atom is 0.257 e. The third kappa shape index (κ3) is 4.89. The molecule has 1 amide bonds. The van der Waals surface area contributed by atoms with E-state index in [0.717, 1.165) is 15.2 Å². The molecule has 0 radical (unpaired) electrons. The standard InChI is InChI=1S/C23H28N4O4S2/c1-4-27(5-2)33(29,30)18-7-9-21(26-10-12-31-13-11-26)19(15-18)23(28)25-17-6-8-20-22(14-17)32-16(3)24-20/h6-9,14-15H,4-5,10-13H2,1-3H3,(H,25,28). The van der Waals surface area contributed by atoms with E-state index in [2.05, 4.69) is 15.2 Å². The van der Waals surface area contributed by atoms with Gasteiger partial charge >= 0.3 is 0 Å². The number of morpholine rings is 1. The number of nitrogens with one attached hydrogen (secondary N) is 1. The molecule has 1 aliphatic heterocycles. The predicted octanol–water partition coefficient (Wildman–Crippen LogP) is 3.72. The van der Waals surface area contributed by atoms with Crippen molar-refractivity contribution in [3.05, 3.63) is 47.0 Å². The zero-order valence-electron chi connectivity index (χ0n) is 19.0. The number of ether oxygens (including phenoxy) is 1. The molecule has 1 aliphatic rings. The number of aromatic nitrogens is 1. The van der Waals surface area contributed by atoms with Crippen molar-refractivity contribution in [2.75, 3.05) is 49.6 Å².